The molecule has 4 aliphatic rings. The second kappa shape index (κ2) is 28.1. The molecule has 0 saturated heterocycles. The number of halogens is 2. The molecule has 3 atom stereocenters. The normalized spacial score (nSPS) is 17.0. The highest BCUT2D eigenvalue weighted by Crippen LogP contribution is 2.50. The number of nitrogens with one attached hydrogen (secondary N) is 6. The van der Waals surface area contributed by atoms with Gasteiger partial charge in [-0.2, -0.15) is 5.48 Å². The zero-order chi connectivity index (χ0) is 61.1. The number of alkyl halides is 2. The van der Waals surface area contributed by atoms with E-state index in [9.17, 15) is 52.7 Å². The van der Waals surface area contributed by atoms with Gasteiger partial charge in [-0.25, -0.2) is 9.36 Å². The minimum absolute atomic E-state index is 0.0119. The van der Waals surface area contributed by atoms with Gasteiger partial charge in [0.25, 0.3) is 11.8 Å². The second-order valence-corrected chi connectivity index (χ2v) is 23.3. The van der Waals surface area contributed by atoms with Crippen LogP contribution in [0.1, 0.15) is 99.2 Å². The molecule has 0 spiro atoms. The number of rotatable bonds is 28. The average molecular weight is 1240 g/mol. The number of ether oxygens (including phenoxy) is 1. The van der Waals surface area contributed by atoms with Crippen LogP contribution in [0.5, 0.6) is 5.75 Å². The smallest absolute Gasteiger partial charge is 0.444 e. The van der Waals surface area contributed by atoms with Gasteiger partial charge in [0.15, 0.2) is 6.40 Å². The first-order valence-corrected chi connectivity index (χ1v) is 31.0. The maximum atomic E-state index is 14.2. The fourth-order valence-corrected chi connectivity index (χ4v) is 12.4. The number of hydrogen-bond acceptors (Lipinski definition) is 14. The molecule has 26 heteroatoms. The van der Waals surface area contributed by atoms with Crippen molar-refractivity contribution in [1.82, 2.24) is 21.0 Å². The largest absolute Gasteiger partial charge is 0.524 e. The highest BCUT2D eigenvalue weighted by atomic mass is 35.5. The van der Waals surface area contributed by atoms with Gasteiger partial charge in [0.2, 0.25) is 29.5 Å². The molecule has 8 amide bonds. The Morgan fingerprint density at radius 2 is 1.34 bits per heavy atom. The average Bonchev–Trinajstić information content (AvgIpc) is 1.62. The summed E-state index contributed by atoms with van der Waals surface area (Å²) in [5.41, 5.74) is 5.13. The lowest BCUT2D eigenvalue weighted by Gasteiger charge is -2.39. The number of phosphoric acid groups is 1. The van der Waals surface area contributed by atoms with Crippen LogP contribution in [-0.2, 0) is 54.3 Å². The summed E-state index contributed by atoms with van der Waals surface area (Å²) < 4.78 is 22.7. The van der Waals surface area contributed by atoms with E-state index in [4.69, 9.17) is 42.7 Å². The number of benzene rings is 5. The van der Waals surface area contributed by atoms with Crippen LogP contribution in [0.25, 0.3) is 21.5 Å². The molecule has 5 aromatic rings. The van der Waals surface area contributed by atoms with E-state index in [1.807, 2.05) is 24.3 Å². The summed E-state index contributed by atoms with van der Waals surface area (Å²) in [6.07, 6.45) is 6.03. The first-order chi connectivity index (χ1) is 41.4. The number of fused-ring (bicyclic) bond motifs is 6. The van der Waals surface area contributed by atoms with E-state index in [1.165, 1.54) is 23.1 Å². The first-order valence-electron chi connectivity index (χ1n) is 28.4. The molecule has 0 unspecified atom stereocenters. The number of carbonyl (C=O) groups is 8. The Morgan fingerprint density at radius 1 is 0.733 bits per heavy atom. The topological polar surface area (TPSA) is 316 Å². The molecule has 86 heavy (non-hydrogen) atoms. The Bertz CT molecular complexity index is 3510. The molecule has 1 fully saturated rings. The molecule has 23 nitrogen and oxygen atoms in total. The lowest BCUT2D eigenvalue weighted by molar-refractivity contribution is -0.151. The molecule has 454 valence electrons. The Balaban J connectivity index is 0.794. The molecule has 8 N–H and O–H groups in total. The molecule has 5 aromatic carbocycles. The molecule has 9 rings (SSSR count). The van der Waals surface area contributed by atoms with Gasteiger partial charge < -0.3 is 39.8 Å². The predicted molar refractivity (Wildman–Crippen MR) is 323 cm³/mol. The number of nitrogens with zero attached hydrogens (tertiary/aromatic N) is 3. The fourth-order valence-electron chi connectivity index (χ4n) is 11.5. The van der Waals surface area contributed by atoms with Crippen molar-refractivity contribution >= 4 is 129 Å². The van der Waals surface area contributed by atoms with Crippen LogP contribution in [0.2, 0.25) is 0 Å². The van der Waals surface area contributed by atoms with Crippen LogP contribution < -0.4 is 41.1 Å². The minimum Gasteiger partial charge on any atom is -0.444 e. The van der Waals surface area contributed by atoms with Crippen molar-refractivity contribution in [2.75, 3.05) is 64.9 Å². The van der Waals surface area contributed by atoms with Crippen LogP contribution in [-0.4, -0.2) is 119 Å². The van der Waals surface area contributed by atoms with E-state index in [2.05, 4.69) is 26.7 Å². The van der Waals surface area contributed by atoms with Crippen molar-refractivity contribution in [3.8, 4) is 5.75 Å². The molecule has 3 heterocycles. The summed E-state index contributed by atoms with van der Waals surface area (Å²) >= 11 is 13.0. The molecule has 1 aliphatic carbocycles. The zero-order valence-corrected chi connectivity index (χ0v) is 49.2. The van der Waals surface area contributed by atoms with E-state index in [1.54, 1.807) is 59.5 Å². The van der Waals surface area contributed by atoms with E-state index < -0.39 is 43.1 Å². The zero-order valence-electron chi connectivity index (χ0n) is 46.8. The van der Waals surface area contributed by atoms with Crippen molar-refractivity contribution in [2.45, 2.75) is 95.1 Å². The summed E-state index contributed by atoms with van der Waals surface area (Å²) in [5.74, 6) is -3.04. The summed E-state index contributed by atoms with van der Waals surface area (Å²) in [6, 6.07) is 23.0. The standard InChI is InChI=1S/C60H66Cl2N9O14P/c61-31-38-33-70(50(72)16-8-17-51(73)71-34-39(32-62)55-44-14-5-3-12-42(44)49(30-48(55)71)85-86(80,81)82)47-29-46(41-11-2-4-13-43(41)54(38)47)68-59(79)83-35-37-18-20-40(21-19-37)66-56(76)45(15-9-27-65-84-36-63)67-58(78)60(24-10-25-60)57(77)64-26-6-1-7-28-69-52(74)22-23-53(69)75/h2-5,11-14,18-23,29-30,36,38-39,45,63,65H,1,6-10,15-17,24-28,31-35H2,(H,64,77)(H,66,76)(H,67,78)(H,68,79)(H2,80,81,82)/t38-,39-,45+/m1/s1. The Labute approximate surface area is 505 Å². The lowest BCUT2D eigenvalue weighted by atomic mass is 9.67. The number of unbranched alkanes of at least 4 members (excludes halogenated alkanes) is 2. The van der Waals surface area contributed by atoms with Gasteiger partial charge in [-0.3, -0.25) is 59.0 Å². The molecular formula is C60H66Cl2N9O14P. The summed E-state index contributed by atoms with van der Waals surface area (Å²) in [6.45, 7) is 1.13. The molecule has 3 aliphatic heterocycles. The molecular weight excluding hydrogens is 1170 g/mol. The number of anilines is 4. The van der Waals surface area contributed by atoms with E-state index >= 15 is 0 Å². The van der Waals surface area contributed by atoms with Crippen LogP contribution in [0.3, 0.4) is 0 Å². The van der Waals surface area contributed by atoms with Gasteiger partial charge in [-0.05, 0) is 97.0 Å². The van der Waals surface area contributed by atoms with Crippen molar-refractivity contribution in [3.05, 3.63) is 114 Å². The maximum Gasteiger partial charge on any atom is 0.524 e. The fraction of sp³-hybridized carbons (Fsp3) is 0.383. The first kappa shape index (κ1) is 62.6. The van der Waals surface area contributed by atoms with E-state index in [-0.39, 0.29) is 118 Å². The van der Waals surface area contributed by atoms with Gasteiger partial charge in [-0.15, -0.1) is 23.2 Å². The number of phosphoric ester groups is 1. The van der Waals surface area contributed by atoms with Crippen molar-refractivity contribution in [2.24, 2.45) is 5.41 Å². The lowest BCUT2D eigenvalue weighted by Crippen LogP contribution is -2.58. The summed E-state index contributed by atoms with van der Waals surface area (Å²) in [5, 5.41) is 21.0. The van der Waals surface area contributed by atoms with Crippen molar-refractivity contribution < 1.29 is 66.8 Å². The molecule has 0 aromatic heterocycles. The number of hydrogen-bond donors (Lipinski definition) is 8. The van der Waals surface area contributed by atoms with Crippen LogP contribution in [0.4, 0.5) is 27.5 Å². The number of amides is 8. The Morgan fingerprint density at radius 3 is 1.93 bits per heavy atom. The van der Waals surface area contributed by atoms with Crippen LogP contribution >= 0.6 is 31.0 Å². The monoisotopic (exact) mass is 1240 g/mol. The predicted octanol–water partition coefficient (Wildman–Crippen LogP) is 8.14. The van der Waals surface area contributed by atoms with Crippen LogP contribution in [0, 0.1) is 10.8 Å². The third kappa shape index (κ3) is 14.3. The third-order valence-corrected chi connectivity index (χ3v) is 17.1. The maximum absolute atomic E-state index is 14.2. The Hall–Kier alpha value is -7.92. The Kier molecular flexibility index (Phi) is 20.4. The van der Waals surface area contributed by atoms with E-state index in [0.29, 0.717) is 89.4 Å². The highest BCUT2D eigenvalue weighted by molar-refractivity contribution is 7.46. The van der Waals surface area contributed by atoms with Gasteiger partial charge in [0, 0.05) is 110 Å². The molecule has 0 radical (unpaired) electrons. The minimum atomic E-state index is -4.96. The quantitative estimate of drug-likeness (QED) is 0.00342. The van der Waals surface area contributed by atoms with Gasteiger partial charge >= 0.3 is 13.9 Å². The summed E-state index contributed by atoms with van der Waals surface area (Å²) in [7, 11) is -4.96. The summed E-state index contributed by atoms with van der Waals surface area (Å²) in [4.78, 5) is 135. The van der Waals surface area contributed by atoms with Gasteiger partial charge in [-0.1, -0.05) is 67.1 Å². The molecule has 1 saturated carbocycles. The van der Waals surface area contributed by atoms with Crippen LogP contribution in [0.15, 0.2) is 97.1 Å². The van der Waals surface area contributed by atoms with E-state index in [0.717, 1.165) is 27.8 Å². The van der Waals surface area contributed by atoms with Crippen molar-refractivity contribution in [1.29, 1.82) is 5.41 Å². The SMILES string of the molecule is N=CONCCC[C@H](NC(=O)C1(C(=O)NCCCCCN2C(=O)C=CC2=O)CCC1)C(=O)Nc1ccc(COC(=O)Nc2cc3c(c4ccccc24)[C@H](CCl)CN3C(=O)CCCC(=O)N2C[C@@H](CCl)c3c2cc(OP(=O)(O)O)c2ccccc32)cc1. The molecule has 0 bridgehead atoms. The van der Waals surface area contributed by atoms with Gasteiger partial charge in [0.05, 0.1) is 11.4 Å². The number of carbonyl (C=O) groups excluding carboxylic acids is 8. The van der Waals surface area contributed by atoms with Gasteiger partial charge in [0.1, 0.15) is 23.8 Å². The number of hydroxylamine groups is 1. The second-order valence-electron chi connectivity index (χ2n) is 21.5. The highest BCUT2D eigenvalue weighted by Gasteiger charge is 2.51. The number of imide groups is 1. The third-order valence-electron chi connectivity index (χ3n) is 16.0. The van der Waals surface area contributed by atoms with Crippen molar-refractivity contribution in [3.63, 3.8) is 0 Å².